The Labute approximate surface area is 182 Å². The van der Waals surface area contributed by atoms with Gasteiger partial charge in [0.1, 0.15) is 17.3 Å². The van der Waals surface area contributed by atoms with E-state index >= 15 is 0 Å². The lowest BCUT2D eigenvalue weighted by Crippen LogP contribution is -2.28. The van der Waals surface area contributed by atoms with Crippen LogP contribution in [0.5, 0.6) is 11.5 Å². The average molecular weight is 448 g/mol. The molecule has 154 valence electrons. The van der Waals surface area contributed by atoms with Crippen LogP contribution in [-0.2, 0) is 0 Å². The van der Waals surface area contributed by atoms with Crippen molar-refractivity contribution in [2.75, 3.05) is 0 Å². The van der Waals surface area contributed by atoms with Gasteiger partial charge in [0.15, 0.2) is 0 Å². The normalized spacial score (nSPS) is 11.6. The number of rotatable bonds is 6. The van der Waals surface area contributed by atoms with Crippen LogP contribution in [0.25, 0.3) is 0 Å². The third kappa shape index (κ3) is 5.09. The highest BCUT2D eigenvalue weighted by Crippen LogP contribution is 2.30. The second-order valence-electron chi connectivity index (χ2n) is 6.44. The van der Waals surface area contributed by atoms with Gasteiger partial charge in [-0.15, -0.1) is 0 Å². The highest BCUT2D eigenvalue weighted by molar-refractivity contribution is 6.31. The van der Waals surface area contributed by atoms with Crippen LogP contribution in [0.15, 0.2) is 60.7 Å². The van der Waals surface area contributed by atoms with Gasteiger partial charge in [-0.2, -0.15) is 0 Å². The van der Waals surface area contributed by atoms with Crippen LogP contribution >= 0.6 is 23.2 Å². The van der Waals surface area contributed by atoms with Crippen molar-refractivity contribution in [3.05, 3.63) is 93.2 Å². The number of amides is 1. The van der Waals surface area contributed by atoms with Gasteiger partial charge in [0.2, 0.25) is 0 Å². The van der Waals surface area contributed by atoms with E-state index in [0.29, 0.717) is 10.6 Å². The second-order valence-corrected chi connectivity index (χ2v) is 7.31. The van der Waals surface area contributed by atoms with Crippen molar-refractivity contribution in [3.8, 4) is 11.5 Å². The number of carboxylic acids is 1. The molecule has 0 saturated heterocycles. The summed E-state index contributed by atoms with van der Waals surface area (Å²) in [5.74, 6) is -1.97. The van der Waals surface area contributed by atoms with E-state index in [0.717, 1.165) is 12.1 Å². The number of ether oxygens (including phenoxy) is 1. The standard InChI is InChI=1S/C22H16Cl2FNO4/c1-12(17-4-2-3-5-18(17)22(28)29)26-21(27)19-10-13(23)6-7-20(19)30-16-9-14(24)8-15(25)11-16/h2-12H,1H3,(H,26,27)(H,28,29)/t12-/m0/s1. The highest BCUT2D eigenvalue weighted by atomic mass is 35.5. The Morgan fingerprint density at radius 2 is 1.73 bits per heavy atom. The Balaban J connectivity index is 1.89. The summed E-state index contributed by atoms with van der Waals surface area (Å²) in [5, 5.41) is 12.5. The van der Waals surface area contributed by atoms with Crippen molar-refractivity contribution in [1.29, 1.82) is 0 Å². The zero-order chi connectivity index (χ0) is 21.8. The molecule has 0 radical (unpaired) electrons. The Morgan fingerprint density at radius 3 is 2.43 bits per heavy atom. The summed E-state index contributed by atoms with van der Waals surface area (Å²) in [6, 6.07) is 13.8. The monoisotopic (exact) mass is 447 g/mol. The molecule has 0 aliphatic rings. The van der Waals surface area contributed by atoms with Gasteiger partial charge in [-0.25, -0.2) is 9.18 Å². The quantitative estimate of drug-likeness (QED) is 0.477. The summed E-state index contributed by atoms with van der Waals surface area (Å²) in [7, 11) is 0. The minimum Gasteiger partial charge on any atom is -0.478 e. The molecular weight excluding hydrogens is 432 g/mol. The Kier molecular flexibility index (Phi) is 6.59. The number of carboxylic acid groups (broad SMARTS) is 1. The van der Waals surface area contributed by atoms with Crippen molar-refractivity contribution >= 4 is 35.1 Å². The van der Waals surface area contributed by atoms with Gasteiger partial charge in [-0.1, -0.05) is 41.4 Å². The first-order valence-corrected chi connectivity index (χ1v) is 9.57. The van der Waals surface area contributed by atoms with E-state index in [-0.39, 0.29) is 27.6 Å². The summed E-state index contributed by atoms with van der Waals surface area (Å²) in [6.07, 6.45) is 0. The molecule has 0 spiro atoms. The maximum atomic E-state index is 13.6. The molecule has 0 aromatic heterocycles. The number of carbonyl (C=O) groups excluding carboxylic acids is 1. The van der Waals surface area contributed by atoms with E-state index in [2.05, 4.69) is 5.32 Å². The van der Waals surface area contributed by atoms with Gasteiger partial charge in [0.05, 0.1) is 17.2 Å². The summed E-state index contributed by atoms with van der Waals surface area (Å²) < 4.78 is 19.3. The van der Waals surface area contributed by atoms with E-state index in [4.69, 9.17) is 27.9 Å². The zero-order valence-corrected chi connectivity index (χ0v) is 17.2. The third-order valence-electron chi connectivity index (χ3n) is 4.26. The number of carbonyl (C=O) groups is 2. The lowest BCUT2D eigenvalue weighted by Gasteiger charge is -2.18. The molecule has 3 aromatic rings. The van der Waals surface area contributed by atoms with Crippen molar-refractivity contribution in [3.63, 3.8) is 0 Å². The van der Waals surface area contributed by atoms with E-state index in [9.17, 15) is 19.1 Å². The molecule has 0 saturated carbocycles. The molecule has 2 N–H and O–H groups in total. The molecule has 30 heavy (non-hydrogen) atoms. The Hall–Kier alpha value is -3.09. The number of hydrogen-bond acceptors (Lipinski definition) is 3. The first kappa shape index (κ1) is 21.6. The molecule has 0 unspecified atom stereocenters. The average Bonchev–Trinajstić information content (AvgIpc) is 2.68. The van der Waals surface area contributed by atoms with Crippen LogP contribution in [0.3, 0.4) is 0 Å². The first-order valence-electron chi connectivity index (χ1n) is 8.81. The fourth-order valence-electron chi connectivity index (χ4n) is 2.90. The van der Waals surface area contributed by atoms with Crippen LogP contribution in [-0.4, -0.2) is 17.0 Å². The van der Waals surface area contributed by atoms with E-state index < -0.39 is 23.7 Å². The maximum Gasteiger partial charge on any atom is 0.336 e. The van der Waals surface area contributed by atoms with Crippen LogP contribution in [0.4, 0.5) is 4.39 Å². The molecule has 0 aliphatic heterocycles. The van der Waals surface area contributed by atoms with Crippen LogP contribution < -0.4 is 10.1 Å². The molecule has 1 amide bonds. The van der Waals surface area contributed by atoms with Gasteiger partial charge in [0.25, 0.3) is 5.91 Å². The van der Waals surface area contributed by atoms with Crippen LogP contribution in [0.1, 0.15) is 39.2 Å². The number of benzene rings is 3. The van der Waals surface area contributed by atoms with Gasteiger partial charge < -0.3 is 15.2 Å². The molecule has 5 nitrogen and oxygen atoms in total. The molecule has 0 fully saturated rings. The smallest absolute Gasteiger partial charge is 0.336 e. The van der Waals surface area contributed by atoms with Crippen molar-refractivity contribution < 1.29 is 23.8 Å². The lowest BCUT2D eigenvalue weighted by atomic mass is 10.0. The fourth-order valence-corrected chi connectivity index (χ4v) is 3.29. The molecule has 0 aliphatic carbocycles. The van der Waals surface area contributed by atoms with Crippen LogP contribution in [0, 0.1) is 5.82 Å². The predicted octanol–water partition coefficient (Wildman–Crippen LogP) is 6.11. The van der Waals surface area contributed by atoms with Crippen molar-refractivity contribution in [2.24, 2.45) is 0 Å². The van der Waals surface area contributed by atoms with Crippen molar-refractivity contribution in [2.45, 2.75) is 13.0 Å². The van der Waals surface area contributed by atoms with Gasteiger partial charge in [-0.3, -0.25) is 4.79 Å². The fraction of sp³-hybridized carbons (Fsp3) is 0.0909. The summed E-state index contributed by atoms with van der Waals surface area (Å²) >= 11 is 11.9. The second kappa shape index (κ2) is 9.15. The summed E-state index contributed by atoms with van der Waals surface area (Å²) in [4.78, 5) is 24.4. The topological polar surface area (TPSA) is 75.6 Å². The predicted molar refractivity (Wildman–Crippen MR) is 112 cm³/mol. The number of halogens is 3. The van der Waals surface area contributed by atoms with E-state index in [1.807, 2.05) is 0 Å². The van der Waals surface area contributed by atoms with Crippen molar-refractivity contribution in [1.82, 2.24) is 5.32 Å². The minimum absolute atomic E-state index is 0.0854. The Bertz CT molecular complexity index is 1100. The van der Waals surface area contributed by atoms with E-state index in [1.165, 1.54) is 30.3 Å². The van der Waals surface area contributed by atoms with Gasteiger partial charge in [0, 0.05) is 16.1 Å². The highest BCUT2D eigenvalue weighted by Gasteiger charge is 2.20. The SMILES string of the molecule is C[C@H](NC(=O)c1cc(Cl)ccc1Oc1cc(F)cc(Cl)c1)c1ccccc1C(=O)O. The van der Waals surface area contributed by atoms with Crippen LogP contribution in [0.2, 0.25) is 10.0 Å². The number of aromatic carboxylic acids is 1. The number of nitrogens with one attached hydrogen (secondary N) is 1. The first-order chi connectivity index (χ1) is 14.2. The molecule has 3 aromatic carbocycles. The molecule has 8 heteroatoms. The van der Waals surface area contributed by atoms with E-state index in [1.54, 1.807) is 25.1 Å². The third-order valence-corrected chi connectivity index (χ3v) is 4.71. The maximum absolute atomic E-state index is 13.6. The molecular formula is C22H16Cl2FNO4. The van der Waals surface area contributed by atoms with Gasteiger partial charge in [-0.05, 0) is 48.9 Å². The molecule has 3 rings (SSSR count). The largest absolute Gasteiger partial charge is 0.478 e. The summed E-state index contributed by atoms with van der Waals surface area (Å²) in [6.45, 7) is 1.66. The molecule has 0 bridgehead atoms. The Morgan fingerprint density at radius 1 is 1.00 bits per heavy atom. The molecule has 1 atom stereocenters. The number of hydrogen-bond donors (Lipinski definition) is 2. The minimum atomic E-state index is -1.10. The zero-order valence-electron chi connectivity index (χ0n) is 15.7. The summed E-state index contributed by atoms with van der Waals surface area (Å²) in [5.41, 5.74) is 0.629. The van der Waals surface area contributed by atoms with Gasteiger partial charge >= 0.3 is 5.97 Å². The lowest BCUT2D eigenvalue weighted by molar-refractivity contribution is 0.0693. The molecule has 0 heterocycles.